The summed E-state index contributed by atoms with van der Waals surface area (Å²) in [4.78, 5) is 22.6. The maximum Gasteiger partial charge on any atom is 0.309 e. The average Bonchev–Trinajstić information content (AvgIpc) is 2.68. The van der Waals surface area contributed by atoms with Gasteiger partial charge in [-0.2, -0.15) is 4.31 Å². The molecule has 156 valence electrons. The number of carbonyl (C=O) groups excluding carboxylic acids is 2. The van der Waals surface area contributed by atoms with E-state index in [-0.39, 0.29) is 32.8 Å². The predicted octanol–water partition coefficient (Wildman–Crippen LogP) is -0.419. The van der Waals surface area contributed by atoms with Gasteiger partial charge in [0, 0.05) is 20.2 Å². The Bertz CT molecular complexity index is 821. The fourth-order valence-corrected chi connectivity index (χ4v) is 4.15. The molecule has 2 amide bonds. The van der Waals surface area contributed by atoms with Crippen molar-refractivity contribution in [3.8, 4) is 0 Å². The first-order valence-electron chi connectivity index (χ1n) is 8.41. The predicted molar refractivity (Wildman–Crippen MR) is 92.5 cm³/mol. The van der Waals surface area contributed by atoms with E-state index in [9.17, 15) is 26.8 Å². The molecule has 2 rings (SSSR count). The third-order valence-corrected chi connectivity index (χ3v) is 5.77. The Morgan fingerprint density at radius 1 is 1.29 bits per heavy atom. The van der Waals surface area contributed by atoms with Crippen LogP contribution in [-0.2, 0) is 29.1 Å². The van der Waals surface area contributed by atoms with E-state index in [1.165, 1.54) is 7.11 Å². The Kier molecular flexibility index (Phi) is 7.80. The largest absolute Gasteiger partial charge is 0.383 e. The number of hydrogen-bond donors (Lipinski definition) is 2. The zero-order valence-corrected chi connectivity index (χ0v) is 15.9. The topological polar surface area (TPSA) is 114 Å². The molecule has 1 aromatic rings. The molecule has 9 nitrogen and oxygen atoms in total. The van der Waals surface area contributed by atoms with Crippen LogP contribution in [0, 0.1) is 11.6 Å². The van der Waals surface area contributed by atoms with Crippen LogP contribution in [0.15, 0.2) is 23.1 Å². The van der Waals surface area contributed by atoms with Gasteiger partial charge in [-0.25, -0.2) is 17.2 Å². The maximum atomic E-state index is 14.0. The van der Waals surface area contributed by atoms with Gasteiger partial charge in [0.1, 0.15) is 22.8 Å². The second-order valence-corrected chi connectivity index (χ2v) is 7.69. The first kappa shape index (κ1) is 22.1. The van der Waals surface area contributed by atoms with Crippen molar-refractivity contribution < 1.29 is 36.3 Å². The molecule has 28 heavy (non-hydrogen) atoms. The average molecular weight is 421 g/mol. The van der Waals surface area contributed by atoms with Gasteiger partial charge in [0.25, 0.3) is 0 Å². The van der Waals surface area contributed by atoms with Gasteiger partial charge in [0.15, 0.2) is 0 Å². The summed E-state index contributed by atoms with van der Waals surface area (Å²) >= 11 is 0. The molecule has 1 saturated heterocycles. The fourth-order valence-electron chi connectivity index (χ4n) is 2.51. The highest BCUT2D eigenvalue weighted by molar-refractivity contribution is 7.89. The molecule has 12 heteroatoms. The van der Waals surface area contributed by atoms with E-state index >= 15 is 0 Å². The van der Waals surface area contributed by atoms with E-state index < -0.39 is 44.6 Å². The Morgan fingerprint density at radius 2 is 2.00 bits per heavy atom. The van der Waals surface area contributed by atoms with Gasteiger partial charge in [0.2, 0.25) is 10.0 Å². The zero-order chi connectivity index (χ0) is 20.7. The minimum absolute atomic E-state index is 0.0150. The summed E-state index contributed by atoms with van der Waals surface area (Å²) in [7, 11) is -2.99. The molecule has 0 spiro atoms. The minimum atomic E-state index is -4.43. The van der Waals surface area contributed by atoms with Crippen molar-refractivity contribution in [3.05, 3.63) is 29.8 Å². The van der Waals surface area contributed by atoms with Crippen LogP contribution in [0.2, 0.25) is 0 Å². The number of rotatable bonds is 7. The van der Waals surface area contributed by atoms with Gasteiger partial charge in [0.05, 0.1) is 19.8 Å². The van der Waals surface area contributed by atoms with Crippen molar-refractivity contribution >= 4 is 21.8 Å². The smallest absolute Gasteiger partial charge is 0.309 e. The van der Waals surface area contributed by atoms with Crippen molar-refractivity contribution in [2.24, 2.45) is 0 Å². The van der Waals surface area contributed by atoms with Gasteiger partial charge < -0.3 is 20.1 Å². The number of carbonyl (C=O) groups is 2. The lowest BCUT2D eigenvalue weighted by Gasteiger charge is -2.34. The summed E-state index contributed by atoms with van der Waals surface area (Å²) < 4.78 is 63.8. The highest BCUT2D eigenvalue weighted by Gasteiger charge is 2.36. The fraction of sp³-hybridized carbons (Fsp3) is 0.500. The number of methoxy groups -OCH3 is 1. The highest BCUT2D eigenvalue weighted by atomic mass is 32.2. The Balaban J connectivity index is 2.08. The van der Waals surface area contributed by atoms with E-state index in [1.807, 2.05) is 0 Å². The van der Waals surface area contributed by atoms with Crippen molar-refractivity contribution in [3.63, 3.8) is 0 Å². The SMILES string of the molecule is COCCNC(=O)C(=O)NCC1OCCCN1S(=O)(=O)c1cc(F)ccc1F. The molecule has 1 atom stereocenters. The number of halogens is 2. The molecule has 0 bridgehead atoms. The number of sulfonamides is 1. The lowest BCUT2D eigenvalue weighted by molar-refractivity contribution is -0.140. The third-order valence-electron chi connectivity index (χ3n) is 3.87. The molecule has 1 unspecified atom stereocenters. The number of ether oxygens (including phenoxy) is 2. The molecule has 1 aliphatic heterocycles. The standard InChI is InChI=1S/C16H21F2N3O6S/c1-26-8-5-19-15(22)16(23)20-10-14-21(6-2-7-27-14)28(24,25)13-9-11(17)3-4-12(13)18/h3-4,9,14H,2,5-8,10H2,1H3,(H,19,22)(H,20,23). The second-order valence-electron chi connectivity index (χ2n) is 5.83. The van der Waals surface area contributed by atoms with Crippen LogP contribution in [-0.4, -0.2) is 70.7 Å². The highest BCUT2D eigenvalue weighted by Crippen LogP contribution is 2.24. The molecular weight excluding hydrogens is 400 g/mol. The summed E-state index contributed by atoms with van der Waals surface area (Å²) in [6.45, 7) is 0.196. The van der Waals surface area contributed by atoms with E-state index in [2.05, 4.69) is 10.6 Å². The normalized spacial score (nSPS) is 17.9. The summed E-state index contributed by atoms with van der Waals surface area (Å²) in [5, 5.41) is 4.58. The monoisotopic (exact) mass is 421 g/mol. The second kappa shape index (κ2) is 9.87. The van der Waals surface area contributed by atoms with Crippen LogP contribution >= 0.6 is 0 Å². The molecule has 2 N–H and O–H groups in total. The number of nitrogens with one attached hydrogen (secondary N) is 2. The molecule has 0 saturated carbocycles. The van der Waals surface area contributed by atoms with E-state index in [4.69, 9.17) is 9.47 Å². The van der Waals surface area contributed by atoms with Crippen LogP contribution in [0.1, 0.15) is 6.42 Å². The Hall–Kier alpha value is -2.15. The van der Waals surface area contributed by atoms with Crippen LogP contribution in [0.5, 0.6) is 0 Å². The van der Waals surface area contributed by atoms with Gasteiger partial charge in [-0.3, -0.25) is 9.59 Å². The van der Waals surface area contributed by atoms with Gasteiger partial charge in [-0.15, -0.1) is 0 Å². The van der Waals surface area contributed by atoms with Gasteiger partial charge in [-0.1, -0.05) is 0 Å². The molecule has 1 fully saturated rings. The van der Waals surface area contributed by atoms with Gasteiger partial charge in [-0.05, 0) is 24.6 Å². The maximum absolute atomic E-state index is 14.0. The van der Waals surface area contributed by atoms with Crippen molar-refractivity contribution in [1.82, 2.24) is 14.9 Å². The lowest BCUT2D eigenvalue weighted by atomic mass is 10.3. The van der Waals surface area contributed by atoms with Crippen LogP contribution in [0.4, 0.5) is 8.78 Å². The molecule has 1 aromatic carbocycles. The van der Waals surface area contributed by atoms with Crippen molar-refractivity contribution in [2.45, 2.75) is 17.5 Å². The first-order chi connectivity index (χ1) is 13.3. The Morgan fingerprint density at radius 3 is 2.71 bits per heavy atom. The zero-order valence-electron chi connectivity index (χ0n) is 15.1. The molecule has 0 aromatic heterocycles. The van der Waals surface area contributed by atoms with Crippen LogP contribution < -0.4 is 10.6 Å². The van der Waals surface area contributed by atoms with Gasteiger partial charge >= 0.3 is 11.8 Å². The number of amides is 2. The summed E-state index contributed by atoms with van der Waals surface area (Å²) in [5.74, 6) is -3.92. The molecule has 0 aliphatic carbocycles. The molecule has 0 radical (unpaired) electrons. The molecule has 1 heterocycles. The van der Waals surface area contributed by atoms with Crippen LogP contribution in [0.25, 0.3) is 0 Å². The number of hydrogen-bond acceptors (Lipinski definition) is 6. The first-order valence-corrected chi connectivity index (χ1v) is 9.85. The van der Waals surface area contributed by atoms with E-state index in [0.717, 1.165) is 10.4 Å². The third kappa shape index (κ3) is 5.44. The van der Waals surface area contributed by atoms with Crippen molar-refractivity contribution in [2.75, 3.05) is 40.0 Å². The number of nitrogens with zero attached hydrogens (tertiary/aromatic N) is 1. The minimum Gasteiger partial charge on any atom is -0.383 e. The summed E-state index contributed by atoms with van der Waals surface area (Å²) in [6, 6.07) is 2.10. The summed E-state index contributed by atoms with van der Waals surface area (Å²) in [5.41, 5.74) is 0. The quantitative estimate of drug-likeness (QED) is 0.457. The van der Waals surface area contributed by atoms with E-state index in [0.29, 0.717) is 18.6 Å². The lowest BCUT2D eigenvalue weighted by Crippen LogP contribution is -2.53. The van der Waals surface area contributed by atoms with E-state index in [1.54, 1.807) is 0 Å². The van der Waals surface area contributed by atoms with Crippen molar-refractivity contribution in [1.29, 1.82) is 0 Å². The number of benzene rings is 1. The Labute approximate surface area is 161 Å². The molecular formula is C16H21F2N3O6S. The van der Waals surface area contributed by atoms with Crippen LogP contribution in [0.3, 0.4) is 0 Å². The molecule has 1 aliphatic rings. The summed E-state index contributed by atoms with van der Waals surface area (Å²) in [6.07, 6.45) is -0.838.